The van der Waals surface area contributed by atoms with Crippen LogP contribution in [0.15, 0.2) is 76.0 Å². The van der Waals surface area contributed by atoms with Crippen molar-refractivity contribution in [3.63, 3.8) is 0 Å². The fourth-order valence-electron chi connectivity index (χ4n) is 4.05. The van der Waals surface area contributed by atoms with Crippen molar-refractivity contribution < 1.29 is 4.79 Å². The number of amides is 1. The van der Waals surface area contributed by atoms with Gasteiger partial charge in [0.2, 0.25) is 0 Å². The number of nitrogens with zero attached hydrogens (tertiary/aromatic N) is 4. The fourth-order valence-corrected chi connectivity index (χ4v) is 6.78. The van der Waals surface area contributed by atoms with Gasteiger partial charge < -0.3 is 4.90 Å². The number of thioether (sulfide) groups is 1. The molecule has 0 saturated heterocycles. The van der Waals surface area contributed by atoms with Gasteiger partial charge in [0, 0.05) is 23.0 Å². The molecule has 3 heterocycles. The highest BCUT2D eigenvalue weighted by Crippen LogP contribution is 2.45. The number of fused-ring (bicyclic) bond motifs is 1. The number of carbonyl (C=O) groups is 1. The molecule has 0 unspecified atom stereocenters. The number of rotatable bonds is 4. The number of thiazole rings is 1. The third-order valence-electron chi connectivity index (χ3n) is 5.62. The molecule has 6 nitrogen and oxygen atoms in total. The third kappa shape index (κ3) is 3.62. The molecule has 0 radical (unpaired) electrons. The number of anilines is 2. The first-order valence-electron chi connectivity index (χ1n) is 10.7. The summed E-state index contributed by atoms with van der Waals surface area (Å²) in [7, 11) is 0. The highest BCUT2D eigenvalue weighted by molar-refractivity contribution is 8.08. The van der Waals surface area contributed by atoms with Crippen molar-refractivity contribution in [3.05, 3.63) is 85.8 Å². The third-order valence-corrected chi connectivity index (χ3v) is 8.37. The first-order chi connectivity index (χ1) is 16.4. The van der Waals surface area contributed by atoms with Gasteiger partial charge in [0.15, 0.2) is 0 Å². The lowest BCUT2D eigenvalue weighted by atomic mass is 10.2. The highest BCUT2D eigenvalue weighted by atomic mass is 35.5. The van der Waals surface area contributed by atoms with Crippen LogP contribution in [0.3, 0.4) is 0 Å². The van der Waals surface area contributed by atoms with Crippen molar-refractivity contribution in [2.75, 3.05) is 16.5 Å². The second-order valence-electron chi connectivity index (χ2n) is 7.71. The van der Waals surface area contributed by atoms with Gasteiger partial charge >= 0.3 is 0 Å². The topological polar surface area (TPSA) is 57.9 Å². The zero-order valence-electron chi connectivity index (χ0n) is 18.6. The number of hydrazone groups is 1. The summed E-state index contributed by atoms with van der Waals surface area (Å²) in [6, 6.07) is 15.0. The van der Waals surface area contributed by atoms with Crippen LogP contribution >= 0.6 is 34.7 Å². The van der Waals surface area contributed by atoms with Gasteiger partial charge in [-0.25, -0.2) is 0 Å². The predicted molar refractivity (Wildman–Crippen MR) is 142 cm³/mol. The number of hydrogen-bond donors (Lipinski definition) is 0. The molecule has 5 rings (SSSR count). The van der Waals surface area contributed by atoms with Gasteiger partial charge in [-0.2, -0.15) is 10.1 Å². The van der Waals surface area contributed by atoms with Crippen LogP contribution in [0, 0.1) is 0 Å². The Hall–Kier alpha value is -3.07. The summed E-state index contributed by atoms with van der Waals surface area (Å²) in [5, 5.41) is 7.31. The van der Waals surface area contributed by atoms with E-state index in [4.69, 9.17) is 11.6 Å². The van der Waals surface area contributed by atoms with Crippen LogP contribution in [-0.4, -0.2) is 22.7 Å². The Bertz CT molecular complexity index is 1540. The van der Waals surface area contributed by atoms with Crippen LogP contribution in [-0.2, 0) is 11.3 Å². The van der Waals surface area contributed by atoms with Gasteiger partial charge in [0.25, 0.3) is 11.5 Å². The average molecular weight is 509 g/mol. The first kappa shape index (κ1) is 22.7. The van der Waals surface area contributed by atoms with Crippen LogP contribution in [0.4, 0.5) is 11.4 Å². The summed E-state index contributed by atoms with van der Waals surface area (Å²) < 4.78 is 2.82. The maximum atomic E-state index is 13.6. The summed E-state index contributed by atoms with van der Waals surface area (Å²) in [6.45, 7) is 8.70. The molecule has 1 amide bonds. The van der Waals surface area contributed by atoms with E-state index < -0.39 is 0 Å². The molecule has 2 aromatic carbocycles. The second-order valence-corrected chi connectivity index (χ2v) is 10.2. The van der Waals surface area contributed by atoms with Crippen molar-refractivity contribution in [2.45, 2.75) is 25.3 Å². The van der Waals surface area contributed by atoms with E-state index in [2.05, 4.69) is 35.6 Å². The first-order valence-corrected chi connectivity index (χ1v) is 12.7. The molecule has 0 aliphatic carbocycles. The standard InChI is InChI=1S/C25H21ClN4O2S2/c1-4-14-29-23(32)21(25-28(5-2)18-8-6-7-9-19(18)33-25)34-24(29)20-15(3)27-30(22(20)31)17-12-10-16(26)11-13-17/h4,6-13H,1,5,14H2,2-3H3. The number of halogens is 1. The van der Waals surface area contributed by atoms with Crippen LogP contribution in [0.25, 0.3) is 10.6 Å². The van der Waals surface area contributed by atoms with Gasteiger partial charge in [-0.1, -0.05) is 41.6 Å². The molecule has 9 heteroatoms. The number of aromatic nitrogens is 1. The van der Waals surface area contributed by atoms with Crippen LogP contribution < -0.4 is 24.7 Å². The zero-order valence-corrected chi connectivity index (χ0v) is 21.0. The molecule has 2 aliphatic heterocycles. The average Bonchev–Trinajstić information content (AvgIpc) is 3.45. The molecule has 0 bridgehead atoms. The number of benzene rings is 2. The van der Waals surface area contributed by atoms with E-state index in [0.29, 0.717) is 37.7 Å². The molecule has 172 valence electrons. The predicted octanol–water partition coefficient (Wildman–Crippen LogP) is 4.02. The van der Waals surface area contributed by atoms with E-state index in [1.807, 2.05) is 12.1 Å². The highest BCUT2D eigenvalue weighted by Gasteiger charge is 2.32. The summed E-state index contributed by atoms with van der Waals surface area (Å²) in [6.07, 6.45) is 1.67. The lowest BCUT2D eigenvalue weighted by Crippen LogP contribution is -2.35. The largest absolute Gasteiger partial charge is 0.334 e. The van der Waals surface area contributed by atoms with Crippen LogP contribution in [0.2, 0.25) is 5.02 Å². The Balaban J connectivity index is 1.74. The summed E-state index contributed by atoms with van der Waals surface area (Å²) in [5.41, 5.74) is 2.56. The van der Waals surface area contributed by atoms with Crippen molar-refractivity contribution in [1.29, 1.82) is 0 Å². The fraction of sp³-hybridized carbons (Fsp3) is 0.160. The van der Waals surface area contributed by atoms with E-state index in [0.717, 1.165) is 22.2 Å². The quantitative estimate of drug-likeness (QED) is 0.499. The van der Waals surface area contributed by atoms with Crippen LogP contribution in [0.5, 0.6) is 0 Å². The number of carbonyl (C=O) groups excluding carboxylic acids is 1. The molecule has 3 aromatic rings. The Labute approximate surface area is 209 Å². The minimum Gasteiger partial charge on any atom is -0.334 e. The normalized spacial score (nSPS) is 18.4. The number of para-hydroxylation sites is 1. The molecule has 2 aliphatic rings. The SMILES string of the molecule is C=CCn1c(=C2C(=O)N(c3ccc(Cl)cc3)N=C2C)sc(=C2Sc3ccccc3N2CC)c1=O. The lowest BCUT2D eigenvalue weighted by molar-refractivity contribution is -0.112. The van der Waals surface area contributed by atoms with Crippen molar-refractivity contribution in [3.8, 4) is 0 Å². The minimum atomic E-state index is -0.273. The van der Waals surface area contributed by atoms with Crippen molar-refractivity contribution in [2.24, 2.45) is 5.10 Å². The molecule has 0 fully saturated rings. The summed E-state index contributed by atoms with van der Waals surface area (Å²) >= 11 is 8.92. The monoisotopic (exact) mass is 508 g/mol. The number of allylic oxidation sites excluding steroid dienone is 1. The van der Waals surface area contributed by atoms with E-state index in [-0.39, 0.29) is 11.5 Å². The van der Waals surface area contributed by atoms with Gasteiger partial charge in [0.05, 0.1) is 22.7 Å². The van der Waals surface area contributed by atoms with Crippen molar-refractivity contribution >= 4 is 68.3 Å². The van der Waals surface area contributed by atoms with Gasteiger partial charge in [-0.05, 0) is 50.2 Å². The van der Waals surface area contributed by atoms with Crippen LogP contribution in [0.1, 0.15) is 13.8 Å². The maximum Gasteiger partial charge on any atom is 0.283 e. The van der Waals surface area contributed by atoms with E-state index in [1.54, 1.807) is 53.6 Å². The molecule has 0 atom stereocenters. The van der Waals surface area contributed by atoms with Gasteiger partial charge in [-0.3, -0.25) is 14.2 Å². The Morgan fingerprint density at radius 1 is 1.12 bits per heavy atom. The molecular weight excluding hydrogens is 488 g/mol. The summed E-state index contributed by atoms with van der Waals surface area (Å²) in [4.78, 5) is 30.4. The van der Waals surface area contributed by atoms with Crippen molar-refractivity contribution in [1.82, 2.24) is 4.57 Å². The molecule has 0 N–H and O–H groups in total. The minimum absolute atomic E-state index is 0.133. The maximum absolute atomic E-state index is 13.6. The Morgan fingerprint density at radius 2 is 1.85 bits per heavy atom. The molecule has 1 aromatic heterocycles. The molecular formula is C25H21ClN4O2S2. The van der Waals surface area contributed by atoms with E-state index in [1.165, 1.54) is 16.3 Å². The van der Waals surface area contributed by atoms with Gasteiger partial charge in [-0.15, -0.1) is 17.9 Å². The molecule has 0 spiro atoms. The van der Waals surface area contributed by atoms with E-state index in [9.17, 15) is 9.59 Å². The number of hydrogen-bond acceptors (Lipinski definition) is 6. The smallest absolute Gasteiger partial charge is 0.283 e. The lowest BCUT2D eigenvalue weighted by Gasteiger charge is -2.16. The zero-order chi connectivity index (χ0) is 24.0. The summed E-state index contributed by atoms with van der Waals surface area (Å²) in [5.74, 6) is -0.273. The second kappa shape index (κ2) is 8.94. The Morgan fingerprint density at radius 3 is 2.56 bits per heavy atom. The Kier molecular flexibility index (Phi) is 5.97. The molecule has 0 saturated carbocycles. The van der Waals surface area contributed by atoms with E-state index >= 15 is 0 Å². The molecule has 34 heavy (non-hydrogen) atoms. The van der Waals surface area contributed by atoms with Gasteiger partial charge in [0.1, 0.15) is 14.2 Å².